The molecule has 0 saturated carbocycles. The molecule has 2 heterocycles. The molecule has 3 heteroatoms. The van der Waals surface area contributed by atoms with Crippen molar-refractivity contribution in [2.75, 3.05) is 6.61 Å². The molecule has 2 nitrogen and oxygen atoms in total. The van der Waals surface area contributed by atoms with Crippen molar-refractivity contribution in [2.45, 2.75) is 43.5 Å². The van der Waals surface area contributed by atoms with Crippen molar-refractivity contribution < 1.29 is 4.74 Å². The Hall–Kier alpha value is -0.410. The third kappa shape index (κ3) is 3.29. The molecule has 1 aromatic rings. The van der Waals surface area contributed by atoms with Gasteiger partial charge in [0.25, 0.3) is 0 Å². The summed E-state index contributed by atoms with van der Waals surface area (Å²) < 4.78 is 5.64. The maximum atomic E-state index is 5.64. The number of halogens is 1. The van der Waals surface area contributed by atoms with Crippen molar-refractivity contribution in [2.24, 2.45) is 0 Å². The molecule has 0 aromatic carbocycles. The van der Waals surface area contributed by atoms with Crippen molar-refractivity contribution in [3.05, 3.63) is 29.6 Å². The molecule has 0 N–H and O–H groups in total. The van der Waals surface area contributed by atoms with E-state index in [2.05, 4.69) is 33.9 Å². The highest BCUT2D eigenvalue weighted by molar-refractivity contribution is 9.09. The summed E-state index contributed by atoms with van der Waals surface area (Å²) in [5, 5.41) is 0. The molecular formula is C13H18BrNO. The van der Waals surface area contributed by atoms with Gasteiger partial charge >= 0.3 is 0 Å². The van der Waals surface area contributed by atoms with Gasteiger partial charge in [0.1, 0.15) is 0 Å². The minimum Gasteiger partial charge on any atom is -0.378 e. The largest absolute Gasteiger partial charge is 0.378 e. The van der Waals surface area contributed by atoms with Crippen LogP contribution in [-0.2, 0) is 11.2 Å². The molecule has 0 aliphatic carbocycles. The summed E-state index contributed by atoms with van der Waals surface area (Å²) in [6, 6.07) is 4.11. The average molecular weight is 284 g/mol. The van der Waals surface area contributed by atoms with Crippen molar-refractivity contribution in [3.63, 3.8) is 0 Å². The maximum absolute atomic E-state index is 5.64. The first-order valence-corrected chi connectivity index (χ1v) is 6.83. The van der Waals surface area contributed by atoms with E-state index in [1.54, 1.807) is 0 Å². The van der Waals surface area contributed by atoms with Gasteiger partial charge in [0, 0.05) is 29.7 Å². The molecule has 1 aliphatic rings. The number of aryl methyl sites for hydroxylation is 1. The van der Waals surface area contributed by atoms with E-state index in [-0.39, 0.29) is 0 Å². The number of alkyl halides is 1. The van der Waals surface area contributed by atoms with Crippen LogP contribution in [0.25, 0.3) is 0 Å². The van der Waals surface area contributed by atoms with Crippen LogP contribution in [0.15, 0.2) is 18.3 Å². The summed E-state index contributed by atoms with van der Waals surface area (Å²) in [6.07, 6.45) is 6.83. The highest BCUT2D eigenvalue weighted by Crippen LogP contribution is 2.23. The van der Waals surface area contributed by atoms with Gasteiger partial charge < -0.3 is 4.74 Å². The number of aromatic nitrogens is 1. The smallest absolute Gasteiger partial charge is 0.0586 e. The van der Waals surface area contributed by atoms with Gasteiger partial charge in [-0.1, -0.05) is 22.0 Å². The zero-order valence-electron chi connectivity index (χ0n) is 9.66. The maximum Gasteiger partial charge on any atom is 0.0586 e. The number of pyridine rings is 1. The Labute approximate surface area is 106 Å². The zero-order valence-corrected chi connectivity index (χ0v) is 11.2. The number of hydrogen-bond donors (Lipinski definition) is 0. The van der Waals surface area contributed by atoms with Crippen molar-refractivity contribution in [1.82, 2.24) is 4.98 Å². The fraction of sp³-hybridized carbons (Fsp3) is 0.615. The summed E-state index contributed by atoms with van der Waals surface area (Å²) >= 11 is 3.74. The first-order chi connectivity index (χ1) is 7.75. The Morgan fingerprint density at radius 2 is 2.50 bits per heavy atom. The predicted molar refractivity (Wildman–Crippen MR) is 69.0 cm³/mol. The zero-order chi connectivity index (χ0) is 11.4. The molecule has 0 amide bonds. The van der Waals surface area contributed by atoms with Crippen molar-refractivity contribution >= 4 is 15.9 Å². The second kappa shape index (κ2) is 5.78. The van der Waals surface area contributed by atoms with E-state index in [0.717, 1.165) is 19.4 Å². The lowest BCUT2D eigenvalue weighted by Crippen LogP contribution is -2.15. The molecule has 0 radical (unpaired) electrons. The highest BCUT2D eigenvalue weighted by atomic mass is 79.9. The third-order valence-electron chi connectivity index (χ3n) is 3.08. The van der Waals surface area contributed by atoms with Crippen LogP contribution in [-0.4, -0.2) is 22.5 Å². The summed E-state index contributed by atoms with van der Waals surface area (Å²) in [7, 11) is 0. The lowest BCUT2D eigenvalue weighted by molar-refractivity contribution is 0.104. The van der Waals surface area contributed by atoms with Gasteiger partial charge in [-0.15, -0.1) is 0 Å². The normalized spacial score (nSPS) is 22.2. The fourth-order valence-corrected chi connectivity index (χ4v) is 2.86. The first-order valence-electron chi connectivity index (χ1n) is 5.92. The molecule has 1 fully saturated rings. The van der Waals surface area contributed by atoms with Crippen LogP contribution in [0.4, 0.5) is 0 Å². The standard InChI is InChI=1S/C13H18BrNO/c1-10-4-2-6-15-13(10)9-11(14)8-12-5-3-7-16-12/h2,4,6,11-12H,3,5,7-9H2,1H3. The highest BCUT2D eigenvalue weighted by Gasteiger charge is 2.20. The Bertz CT molecular complexity index is 336. The van der Waals surface area contributed by atoms with Crippen molar-refractivity contribution in [1.29, 1.82) is 0 Å². The summed E-state index contributed by atoms with van der Waals surface area (Å²) in [4.78, 5) is 4.90. The van der Waals surface area contributed by atoms with E-state index in [1.807, 2.05) is 12.3 Å². The Balaban J connectivity index is 1.86. The predicted octanol–water partition coefficient (Wildman–Crippen LogP) is 3.27. The van der Waals surface area contributed by atoms with E-state index >= 15 is 0 Å². The summed E-state index contributed by atoms with van der Waals surface area (Å²) in [5.74, 6) is 0. The molecule has 16 heavy (non-hydrogen) atoms. The van der Waals surface area contributed by atoms with Crippen LogP contribution in [0.5, 0.6) is 0 Å². The van der Waals surface area contributed by atoms with E-state index in [1.165, 1.54) is 24.1 Å². The van der Waals surface area contributed by atoms with E-state index in [0.29, 0.717) is 10.9 Å². The number of hydrogen-bond acceptors (Lipinski definition) is 2. The van der Waals surface area contributed by atoms with E-state index < -0.39 is 0 Å². The van der Waals surface area contributed by atoms with Gasteiger partial charge in [-0.25, -0.2) is 0 Å². The van der Waals surface area contributed by atoms with Gasteiger partial charge in [0.15, 0.2) is 0 Å². The topological polar surface area (TPSA) is 22.1 Å². The van der Waals surface area contributed by atoms with Crippen LogP contribution >= 0.6 is 15.9 Å². The Morgan fingerprint density at radius 1 is 1.62 bits per heavy atom. The fourth-order valence-electron chi connectivity index (χ4n) is 2.14. The molecule has 1 aromatic heterocycles. The van der Waals surface area contributed by atoms with Crippen LogP contribution in [0.3, 0.4) is 0 Å². The van der Waals surface area contributed by atoms with Gasteiger partial charge in [0.2, 0.25) is 0 Å². The lowest BCUT2D eigenvalue weighted by atomic mass is 10.1. The van der Waals surface area contributed by atoms with Crippen LogP contribution in [0.2, 0.25) is 0 Å². The minimum atomic E-state index is 0.452. The van der Waals surface area contributed by atoms with Crippen LogP contribution in [0, 0.1) is 6.92 Å². The first kappa shape index (κ1) is 12.1. The second-order valence-electron chi connectivity index (χ2n) is 4.44. The summed E-state index contributed by atoms with van der Waals surface area (Å²) in [6.45, 7) is 3.06. The van der Waals surface area contributed by atoms with Crippen LogP contribution in [0.1, 0.15) is 30.5 Å². The lowest BCUT2D eigenvalue weighted by Gasteiger charge is -2.15. The molecular weight excluding hydrogens is 266 g/mol. The summed E-state index contributed by atoms with van der Waals surface area (Å²) in [5.41, 5.74) is 2.47. The van der Waals surface area contributed by atoms with Gasteiger partial charge in [-0.05, 0) is 37.8 Å². The minimum absolute atomic E-state index is 0.452. The Morgan fingerprint density at radius 3 is 3.19 bits per heavy atom. The molecule has 0 spiro atoms. The second-order valence-corrected chi connectivity index (χ2v) is 5.73. The average Bonchev–Trinajstić information content (AvgIpc) is 2.74. The molecule has 1 aliphatic heterocycles. The van der Waals surface area contributed by atoms with Gasteiger partial charge in [-0.3, -0.25) is 4.98 Å². The Kier molecular flexibility index (Phi) is 4.36. The molecule has 0 bridgehead atoms. The van der Waals surface area contributed by atoms with Crippen molar-refractivity contribution in [3.8, 4) is 0 Å². The molecule has 88 valence electrons. The quantitative estimate of drug-likeness (QED) is 0.792. The third-order valence-corrected chi connectivity index (χ3v) is 3.77. The molecule has 2 unspecified atom stereocenters. The molecule has 1 saturated heterocycles. The SMILES string of the molecule is Cc1cccnc1CC(Br)CC1CCCO1. The molecule has 2 atom stereocenters. The number of rotatable bonds is 4. The van der Waals surface area contributed by atoms with E-state index in [4.69, 9.17) is 4.74 Å². The van der Waals surface area contributed by atoms with Crippen LogP contribution < -0.4 is 0 Å². The number of nitrogens with zero attached hydrogens (tertiary/aromatic N) is 1. The monoisotopic (exact) mass is 283 g/mol. The number of ether oxygens (including phenoxy) is 1. The van der Waals surface area contributed by atoms with Gasteiger partial charge in [0.05, 0.1) is 6.10 Å². The van der Waals surface area contributed by atoms with Gasteiger partial charge in [-0.2, -0.15) is 0 Å². The molecule has 2 rings (SSSR count). The van der Waals surface area contributed by atoms with E-state index in [9.17, 15) is 0 Å².